The van der Waals surface area contributed by atoms with Gasteiger partial charge in [-0.05, 0) is 40.0 Å². The predicted octanol–water partition coefficient (Wildman–Crippen LogP) is 0.0980. The van der Waals surface area contributed by atoms with Crippen LogP contribution in [0.15, 0.2) is 11.8 Å². The number of hydrogen-bond donors (Lipinski definition) is 1. The molecular weight excluding hydrogens is 366 g/mol. The number of piperidine rings is 2. The van der Waals surface area contributed by atoms with Crippen molar-refractivity contribution in [2.75, 3.05) is 13.1 Å². The van der Waals surface area contributed by atoms with E-state index in [0.29, 0.717) is 25.9 Å². The molecule has 152 valence electrons. The topological polar surface area (TPSA) is 113 Å². The molecule has 0 bridgehead atoms. The van der Waals surface area contributed by atoms with Crippen LogP contribution in [-0.2, 0) is 28.7 Å². The van der Waals surface area contributed by atoms with Crippen molar-refractivity contribution in [2.24, 2.45) is 5.92 Å². The van der Waals surface area contributed by atoms with Gasteiger partial charge >= 0.3 is 5.97 Å². The van der Waals surface area contributed by atoms with Crippen molar-refractivity contribution >= 4 is 29.6 Å². The molecule has 9 heteroatoms. The molecule has 4 amide bonds. The number of hydrogen-bond acceptors (Lipinski definition) is 7. The summed E-state index contributed by atoms with van der Waals surface area (Å²) in [6.45, 7) is 6.33. The summed E-state index contributed by atoms with van der Waals surface area (Å²) in [7, 11) is 0. The van der Waals surface area contributed by atoms with Crippen LogP contribution in [0.4, 0.5) is 0 Å². The first-order valence-electron chi connectivity index (χ1n) is 9.47. The van der Waals surface area contributed by atoms with Crippen molar-refractivity contribution in [1.82, 2.24) is 15.1 Å². The zero-order valence-corrected chi connectivity index (χ0v) is 16.3. The molecule has 1 N–H and O–H groups in total. The summed E-state index contributed by atoms with van der Waals surface area (Å²) in [5.74, 6) is -2.61. The SMILES string of the molecule is CC(C)(C)OC(=O)C1CCN(C2=CC(=O)N(C3CCC(=O)NC3=O)C2=O)CC1. The first kappa shape index (κ1) is 20.0. The summed E-state index contributed by atoms with van der Waals surface area (Å²) < 4.78 is 5.42. The first-order valence-corrected chi connectivity index (χ1v) is 9.47. The molecule has 3 rings (SSSR count). The Kier molecular flexibility index (Phi) is 5.27. The Morgan fingerprint density at radius 2 is 1.75 bits per heavy atom. The minimum Gasteiger partial charge on any atom is -0.460 e. The maximum Gasteiger partial charge on any atom is 0.309 e. The van der Waals surface area contributed by atoms with E-state index in [1.54, 1.807) is 4.90 Å². The molecule has 2 saturated heterocycles. The van der Waals surface area contributed by atoms with Gasteiger partial charge in [0.15, 0.2) is 0 Å². The lowest BCUT2D eigenvalue weighted by Gasteiger charge is -2.34. The molecule has 0 radical (unpaired) electrons. The largest absolute Gasteiger partial charge is 0.460 e. The molecule has 0 aromatic carbocycles. The molecule has 1 atom stereocenters. The third-order valence-electron chi connectivity index (χ3n) is 5.03. The van der Waals surface area contributed by atoms with Gasteiger partial charge in [-0.1, -0.05) is 0 Å². The van der Waals surface area contributed by atoms with Crippen LogP contribution >= 0.6 is 0 Å². The normalized spacial score (nSPS) is 24.4. The minimum absolute atomic E-state index is 0.0874. The van der Waals surface area contributed by atoms with Crippen LogP contribution in [0.3, 0.4) is 0 Å². The van der Waals surface area contributed by atoms with E-state index < -0.39 is 35.3 Å². The third kappa shape index (κ3) is 4.07. The molecule has 0 spiro atoms. The summed E-state index contributed by atoms with van der Waals surface area (Å²) in [6.07, 6.45) is 2.49. The molecular formula is C19H25N3O6. The lowest BCUT2D eigenvalue weighted by molar-refractivity contribution is -0.161. The average molecular weight is 391 g/mol. The number of rotatable bonds is 3. The zero-order valence-electron chi connectivity index (χ0n) is 16.3. The first-order chi connectivity index (χ1) is 13.1. The van der Waals surface area contributed by atoms with Gasteiger partial charge in [0.1, 0.15) is 17.3 Å². The van der Waals surface area contributed by atoms with E-state index >= 15 is 0 Å². The van der Waals surface area contributed by atoms with Gasteiger partial charge in [-0.2, -0.15) is 0 Å². The second-order valence-corrected chi connectivity index (χ2v) is 8.30. The fourth-order valence-corrected chi connectivity index (χ4v) is 3.66. The maximum absolute atomic E-state index is 12.8. The predicted molar refractivity (Wildman–Crippen MR) is 96.2 cm³/mol. The molecule has 0 aromatic heterocycles. The maximum atomic E-state index is 12.8. The van der Waals surface area contributed by atoms with Crippen LogP contribution in [0.25, 0.3) is 0 Å². The quantitative estimate of drug-likeness (QED) is 0.536. The fraction of sp³-hybridized carbons (Fsp3) is 0.632. The smallest absolute Gasteiger partial charge is 0.309 e. The number of amides is 4. The van der Waals surface area contributed by atoms with Crippen LogP contribution in [0.5, 0.6) is 0 Å². The molecule has 2 fully saturated rings. The summed E-state index contributed by atoms with van der Waals surface area (Å²) in [6, 6.07) is -0.967. The van der Waals surface area contributed by atoms with E-state index in [2.05, 4.69) is 5.32 Å². The zero-order chi connectivity index (χ0) is 20.6. The summed E-state index contributed by atoms with van der Waals surface area (Å²) in [4.78, 5) is 63.4. The van der Waals surface area contributed by atoms with Crippen LogP contribution in [-0.4, -0.2) is 64.1 Å². The molecule has 0 aliphatic carbocycles. The summed E-state index contributed by atoms with van der Waals surface area (Å²) in [5.41, 5.74) is -0.315. The molecule has 28 heavy (non-hydrogen) atoms. The molecule has 0 aromatic rings. The van der Waals surface area contributed by atoms with E-state index in [9.17, 15) is 24.0 Å². The van der Waals surface area contributed by atoms with Gasteiger partial charge in [-0.3, -0.25) is 34.2 Å². The third-order valence-corrected chi connectivity index (χ3v) is 5.03. The lowest BCUT2D eigenvalue weighted by Crippen LogP contribution is -2.55. The van der Waals surface area contributed by atoms with Crippen LogP contribution in [0.2, 0.25) is 0 Å². The van der Waals surface area contributed by atoms with Gasteiger partial charge in [0, 0.05) is 25.6 Å². The van der Waals surface area contributed by atoms with E-state index in [-0.39, 0.29) is 30.4 Å². The molecule has 1 unspecified atom stereocenters. The highest BCUT2D eigenvalue weighted by Gasteiger charge is 2.44. The van der Waals surface area contributed by atoms with E-state index in [0.717, 1.165) is 4.90 Å². The van der Waals surface area contributed by atoms with Gasteiger partial charge in [-0.15, -0.1) is 0 Å². The number of carbonyl (C=O) groups is 5. The number of imide groups is 2. The van der Waals surface area contributed by atoms with Crippen molar-refractivity contribution in [2.45, 2.75) is 58.1 Å². The lowest BCUT2D eigenvalue weighted by atomic mass is 9.96. The Morgan fingerprint density at radius 3 is 2.32 bits per heavy atom. The van der Waals surface area contributed by atoms with E-state index in [1.165, 1.54) is 6.08 Å². The van der Waals surface area contributed by atoms with E-state index in [4.69, 9.17) is 4.74 Å². The van der Waals surface area contributed by atoms with Gasteiger partial charge in [0.25, 0.3) is 11.8 Å². The summed E-state index contributed by atoms with van der Waals surface area (Å²) in [5, 5.41) is 2.17. The molecule has 9 nitrogen and oxygen atoms in total. The number of ether oxygens (including phenoxy) is 1. The van der Waals surface area contributed by atoms with Crippen LogP contribution in [0.1, 0.15) is 46.5 Å². The number of esters is 1. The number of carbonyl (C=O) groups excluding carboxylic acids is 5. The monoisotopic (exact) mass is 391 g/mol. The van der Waals surface area contributed by atoms with Crippen molar-refractivity contribution in [3.8, 4) is 0 Å². The molecule has 3 heterocycles. The van der Waals surface area contributed by atoms with E-state index in [1.807, 2.05) is 20.8 Å². The van der Waals surface area contributed by atoms with Crippen LogP contribution in [0, 0.1) is 5.92 Å². The Bertz CT molecular complexity index is 758. The highest BCUT2D eigenvalue weighted by molar-refractivity contribution is 6.18. The Labute approximate surface area is 163 Å². The van der Waals surface area contributed by atoms with Crippen LogP contribution < -0.4 is 5.32 Å². The number of nitrogens with zero attached hydrogens (tertiary/aromatic N) is 2. The van der Waals surface area contributed by atoms with Crippen molar-refractivity contribution in [3.05, 3.63) is 11.8 Å². The Hall–Kier alpha value is -2.71. The Balaban J connectivity index is 1.62. The number of nitrogens with one attached hydrogen (secondary N) is 1. The highest BCUT2D eigenvalue weighted by Crippen LogP contribution is 2.28. The average Bonchev–Trinajstić information content (AvgIpc) is 2.88. The minimum atomic E-state index is -0.967. The standard InChI is InChI=1S/C19H25N3O6/c1-19(2,3)28-18(27)11-6-8-21(9-7-11)13-10-15(24)22(17(13)26)12-4-5-14(23)20-16(12)25/h10-12H,4-9H2,1-3H3,(H,20,23,25). The molecule has 0 saturated carbocycles. The molecule has 3 aliphatic heterocycles. The second kappa shape index (κ2) is 7.37. The Morgan fingerprint density at radius 1 is 1.11 bits per heavy atom. The van der Waals surface area contributed by atoms with Gasteiger partial charge in [-0.25, -0.2) is 0 Å². The van der Waals surface area contributed by atoms with Gasteiger partial charge in [0.2, 0.25) is 11.8 Å². The fourth-order valence-electron chi connectivity index (χ4n) is 3.66. The second-order valence-electron chi connectivity index (χ2n) is 8.30. The highest BCUT2D eigenvalue weighted by atomic mass is 16.6. The van der Waals surface area contributed by atoms with Crippen molar-refractivity contribution in [1.29, 1.82) is 0 Å². The number of likely N-dealkylation sites (tertiary alicyclic amines) is 1. The van der Waals surface area contributed by atoms with Gasteiger partial charge < -0.3 is 9.64 Å². The molecule has 3 aliphatic rings. The van der Waals surface area contributed by atoms with Gasteiger partial charge in [0.05, 0.1) is 5.92 Å². The van der Waals surface area contributed by atoms with Crippen molar-refractivity contribution < 1.29 is 28.7 Å². The summed E-state index contributed by atoms with van der Waals surface area (Å²) >= 11 is 0. The van der Waals surface area contributed by atoms with Crippen molar-refractivity contribution in [3.63, 3.8) is 0 Å².